The van der Waals surface area contributed by atoms with Gasteiger partial charge in [-0.3, -0.25) is 0 Å². The quantitative estimate of drug-likeness (QED) is 0.825. The van der Waals surface area contributed by atoms with Crippen molar-refractivity contribution in [3.05, 3.63) is 23.8 Å². The summed E-state index contributed by atoms with van der Waals surface area (Å²) in [4.78, 5) is 0. The number of aliphatic hydroxyl groups is 1. The minimum absolute atomic E-state index is 0.393. The van der Waals surface area contributed by atoms with E-state index in [-0.39, 0.29) is 0 Å². The third-order valence-corrected chi connectivity index (χ3v) is 3.34. The van der Waals surface area contributed by atoms with Crippen molar-refractivity contribution in [3.8, 4) is 11.5 Å². The fourth-order valence-electron chi connectivity index (χ4n) is 2.03. The molecule has 1 aliphatic carbocycles. The summed E-state index contributed by atoms with van der Waals surface area (Å²) < 4.78 is 10.4. The van der Waals surface area contributed by atoms with Gasteiger partial charge in [0, 0.05) is 0 Å². The van der Waals surface area contributed by atoms with Gasteiger partial charge in [0.1, 0.15) is 0 Å². The van der Waals surface area contributed by atoms with Crippen molar-refractivity contribution in [2.45, 2.75) is 31.8 Å². The summed E-state index contributed by atoms with van der Waals surface area (Å²) in [5.41, 5.74) is 0.906. The Kier molecular flexibility index (Phi) is 3.89. The molecule has 0 amide bonds. The highest BCUT2D eigenvalue weighted by Gasteiger charge is 2.22. The second-order valence-electron chi connectivity index (χ2n) is 4.65. The molecule has 0 aromatic heterocycles. The number of ether oxygens (including phenoxy) is 2. The largest absolute Gasteiger partial charge is 0.493 e. The van der Waals surface area contributed by atoms with Crippen LogP contribution in [0.15, 0.2) is 18.2 Å². The molecule has 1 saturated carbocycles. The van der Waals surface area contributed by atoms with E-state index in [0.29, 0.717) is 11.5 Å². The van der Waals surface area contributed by atoms with Gasteiger partial charge in [0.25, 0.3) is 0 Å². The first-order valence-electron chi connectivity index (χ1n) is 6.14. The Morgan fingerprint density at radius 2 is 1.94 bits per heavy atom. The van der Waals surface area contributed by atoms with E-state index < -0.39 is 6.10 Å². The van der Waals surface area contributed by atoms with Crippen molar-refractivity contribution >= 4 is 0 Å². The Hall–Kier alpha value is -1.22. The summed E-state index contributed by atoms with van der Waals surface area (Å²) >= 11 is 0. The Balaban J connectivity index is 2.02. The summed E-state index contributed by atoms with van der Waals surface area (Å²) in [6, 6.07) is 5.60. The van der Waals surface area contributed by atoms with Crippen LogP contribution in [-0.2, 0) is 0 Å². The zero-order valence-electron chi connectivity index (χ0n) is 10.5. The van der Waals surface area contributed by atoms with Gasteiger partial charge in [-0.15, -0.1) is 0 Å². The van der Waals surface area contributed by atoms with Crippen LogP contribution >= 0.6 is 0 Å². The van der Waals surface area contributed by atoms with Gasteiger partial charge >= 0.3 is 0 Å². The van der Waals surface area contributed by atoms with Crippen LogP contribution in [0.4, 0.5) is 0 Å². The highest BCUT2D eigenvalue weighted by Crippen LogP contribution is 2.37. The average Bonchev–Trinajstić information content (AvgIpc) is 3.19. The van der Waals surface area contributed by atoms with E-state index in [1.54, 1.807) is 14.2 Å². The maximum atomic E-state index is 10.1. The summed E-state index contributed by atoms with van der Waals surface area (Å²) in [5.74, 6) is 2.23. The topological polar surface area (TPSA) is 38.7 Å². The summed E-state index contributed by atoms with van der Waals surface area (Å²) in [5, 5.41) is 10.1. The molecule has 0 spiro atoms. The molecule has 0 radical (unpaired) electrons. The molecule has 1 aliphatic rings. The number of hydrogen-bond donors (Lipinski definition) is 1. The normalized spacial score (nSPS) is 16.6. The van der Waals surface area contributed by atoms with Crippen LogP contribution in [0.1, 0.15) is 37.4 Å². The van der Waals surface area contributed by atoms with Gasteiger partial charge in [-0.05, 0) is 36.5 Å². The maximum Gasteiger partial charge on any atom is 0.161 e. The number of aliphatic hydroxyl groups excluding tert-OH is 1. The molecule has 17 heavy (non-hydrogen) atoms. The monoisotopic (exact) mass is 236 g/mol. The van der Waals surface area contributed by atoms with Crippen molar-refractivity contribution in [2.24, 2.45) is 5.92 Å². The van der Waals surface area contributed by atoms with E-state index in [1.807, 2.05) is 18.2 Å². The number of rotatable bonds is 6. The molecule has 0 saturated heterocycles. The van der Waals surface area contributed by atoms with Gasteiger partial charge < -0.3 is 14.6 Å². The van der Waals surface area contributed by atoms with Gasteiger partial charge in [-0.1, -0.05) is 18.9 Å². The first-order chi connectivity index (χ1) is 8.24. The van der Waals surface area contributed by atoms with Gasteiger partial charge in [0.05, 0.1) is 20.3 Å². The average molecular weight is 236 g/mol. The van der Waals surface area contributed by atoms with Gasteiger partial charge in [0.2, 0.25) is 0 Å². The van der Waals surface area contributed by atoms with Crippen LogP contribution in [0.3, 0.4) is 0 Å². The van der Waals surface area contributed by atoms with Crippen molar-refractivity contribution in [3.63, 3.8) is 0 Å². The molecule has 1 fully saturated rings. The number of benzene rings is 1. The highest BCUT2D eigenvalue weighted by atomic mass is 16.5. The van der Waals surface area contributed by atoms with Crippen LogP contribution in [0.25, 0.3) is 0 Å². The molecular formula is C14H20O3. The first-order valence-corrected chi connectivity index (χ1v) is 6.14. The minimum atomic E-state index is -0.393. The molecule has 3 heteroatoms. The predicted molar refractivity (Wildman–Crippen MR) is 66.5 cm³/mol. The second kappa shape index (κ2) is 5.41. The van der Waals surface area contributed by atoms with Crippen molar-refractivity contribution in [2.75, 3.05) is 14.2 Å². The molecule has 1 aromatic carbocycles. The molecule has 1 N–H and O–H groups in total. The molecule has 2 rings (SSSR count). The van der Waals surface area contributed by atoms with E-state index >= 15 is 0 Å². The standard InChI is InChI=1S/C14H20O3/c1-16-13-8-6-11(9-14(13)17-2)12(15)7-5-10-3-4-10/h6,8-10,12,15H,3-5,7H2,1-2H3. The van der Waals surface area contributed by atoms with Crippen LogP contribution in [0, 0.1) is 5.92 Å². The lowest BCUT2D eigenvalue weighted by Crippen LogP contribution is -1.99. The lowest BCUT2D eigenvalue weighted by Gasteiger charge is -2.14. The molecule has 0 heterocycles. The van der Waals surface area contributed by atoms with Crippen LogP contribution in [0.5, 0.6) is 11.5 Å². The lowest BCUT2D eigenvalue weighted by molar-refractivity contribution is 0.162. The zero-order chi connectivity index (χ0) is 12.3. The van der Waals surface area contributed by atoms with E-state index in [4.69, 9.17) is 9.47 Å². The zero-order valence-corrected chi connectivity index (χ0v) is 10.5. The van der Waals surface area contributed by atoms with E-state index in [2.05, 4.69) is 0 Å². The molecule has 1 aromatic rings. The second-order valence-corrected chi connectivity index (χ2v) is 4.65. The number of hydrogen-bond acceptors (Lipinski definition) is 3. The van der Waals surface area contributed by atoms with Gasteiger partial charge in [-0.2, -0.15) is 0 Å². The van der Waals surface area contributed by atoms with Crippen molar-refractivity contribution in [1.82, 2.24) is 0 Å². The fraction of sp³-hybridized carbons (Fsp3) is 0.571. The molecule has 1 unspecified atom stereocenters. The number of methoxy groups -OCH3 is 2. The van der Waals surface area contributed by atoms with E-state index in [9.17, 15) is 5.11 Å². The summed E-state index contributed by atoms with van der Waals surface area (Å²) in [7, 11) is 3.22. The van der Waals surface area contributed by atoms with Crippen molar-refractivity contribution < 1.29 is 14.6 Å². The lowest BCUT2D eigenvalue weighted by atomic mass is 10.0. The predicted octanol–water partition coefficient (Wildman–Crippen LogP) is 2.93. The SMILES string of the molecule is COc1ccc(C(O)CCC2CC2)cc1OC. The molecule has 3 nitrogen and oxygen atoms in total. The Morgan fingerprint density at radius 3 is 2.53 bits per heavy atom. The molecule has 0 bridgehead atoms. The smallest absolute Gasteiger partial charge is 0.161 e. The van der Waals surface area contributed by atoms with Gasteiger partial charge in [-0.25, -0.2) is 0 Å². The minimum Gasteiger partial charge on any atom is -0.493 e. The highest BCUT2D eigenvalue weighted by molar-refractivity contribution is 5.43. The molecular weight excluding hydrogens is 216 g/mol. The van der Waals surface area contributed by atoms with Crippen LogP contribution in [-0.4, -0.2) is 19.3 Å². The molecule has 0 aliphatic heterocycles. The Labute approximate surface area is 102 Å². The molecule has 94 valence electrons. The van der Waals surface area contributed by atoms with Crippen molar-refractivity contribution in [1.29, 1.82) is 0 Å². The van der Waals surface area contributed by atoms with Gasteiger partial charge in [0.15, 0.2) is 11.5 Å². The Morgan fingerprint density at radius 1 is 1.24 bits per heavy atom. The molecule has 1 atom stereocenters. The fourth-order valence-corrected chi connectivity index (χ4v) is 2.03. The Bertz CT molecular complexity index is 372. The van der Waals surface area contributed by atoms with E-state index in [1.165, 1.54) is 12.8 Å². The maximum absolute atomic E-state index is 10.1. The third-order valence-electron chi connectivity index (χ3n) is 3.34. The first kappa shape index (κ1) is 12.2. The van der Waals surface area contributed by atoms with Crippen LogP contribution < -0.4 is 9.47 Å². The summed E-state index contributed by atoms with van der Waals surface area (Å²) in [6.45, 7) is 0. The van der Waals surface area contributed by atoms with E-state index in [0.717, 1.165) is 24.3 Å². The van der Waals surface area contributed by atoms with Crippen LogP contribution in [0.2, 0.25) is 0 Å². The summed E-state index contributed by atoms with van der Waals surface area (Å²) in [6.07, 6.45) is 4.22. The third kappa shape index (κ3) is 3.13.